The van der Waals surface area contributed by atoms with E-state index >= 15 is 0 Å². The molecule has 5 heteroatoms. The number of halogens is 3. The van der Waals surface area contributed by atoms with Gasteiger partial charge in [0.05, 0.1) is 5.02 Å². The van der Waals surface area contributed by atoms with Gasteiger partial charge in [-0.25, -0.2) is 0 Å². The van der Waals surface area contributed by atoms with Gasteiger partial charge in [-0.05, 0) is 64.8 Å². The van der Waals surface area contributed by atoms with Crippen molar-refractivity contribution in [2.45, 2.75) is 6.92 Å². The van der Waals surface area contributed by atoms with E-state index in [1.54, 1.807) is 18.2 Å². The Bertz CT molecular complexity index is 623. The van der Waals surface area contributed by atoms with Gasteiger partial charge >= 0.3 is 0 Å². The number of anilines is 1. The first-order chi connectivity index (χ1) is 8.95. The fraction of sp³-hybridized carbons (Fsp3) is 0.0714. The molecule has 19 heavy (non-hydrogen) atoms. The van der Waals surface area contributed by atoms with Crippen molar-refractivity contribution in [3.8, 4) is 0 Å². The van der Waals surface area contributed by atoms with Crippen LogP contribution in [0.2, 0.25) is 5.02 Å². The van der Waals surface area contributed by atoms with Crippen LogP contribution in [0, 0.1) is 6.92 Å². The molecule has 0 fully saturated rings. The van der Waals surface area contributed by atoms with Crippen LogP contribution >= 0.6 is 43.5 Å². The van der Waals surface area contributed by atoms with E-state index in [9.17, 15) is 4.79 Å². The van der Waals surface area contributed by atoms with Gasteiger partial charge < -0.3 is 5.32 Å². The van der Waals surface area contributed by atoms with Gasteiger partial charge in [0.15, 0.2) is 0 Å². The molecule has 0 spiro atoms. The van der Waals surface area contributed by atoms with E-state index < -0.39 is 0 Å². The van der Waals surface area contributed by atoms with Crippen LogP contribution < -0.4 is 5.32 Å². The Morgan fingerprint density at radius 3 is 2.53 bits per heavy atom. The Hall–Kier alpha value is -0.840. The van der Waals surface area contributed by atoms with Crippen molar-refractivity contribution in [1.29, 1.82) is 0 Å². The number of amides is 1. The van der Waals surface area contributed by atoms with Crippen LogP contribution in [0.25, 0.3) is 0 Å². The molecule has 0 saturated carbocycles. The molecule has 0 bridgehead atoms. The summed E-state index contributed by atoms with van der Waals surface area (Å²) in [4.78, 5) is 12.1. The van der Waals surface area contributed by atoms with Crippen LogP contribution in [-0.2, 0) is 0 Å². The average molecular weight is 404 g/mol. The number of carbonyl (C=O) groups is 1. The SMILES string of the molecule is Cc1cc(Br)cc(NC(=O)c2ccc(Cl)c(Br)c2)c1. The summed E-state index contributed by atoms with van der Waals surface area (Å²) >= 11 is 12.6. The fourth-order valence-corrected chi connectivity index (χ4v) is 2.75. The molecule has 98 valence electrons. The molecular weight excluding hydrogens is 393 g/mol. The number of aryl methyl sites for hydroxylation is 1. The van der Waals surface area contributed by atoms with E-state index in [4.69, 9.17) is 11.6 Å². The maximum absolute atomic E-state index is 12.1. The highest BCUT2D eigenvalue weighted by Gasteiger charge is 2.08. The molecule has 0 saturated heterocycles. The average Bonchev–Trinajstić information content (AvgIpc) is 2.31. The van der Waals surface area contributed by atoms with Crippen molar-refractivity contribution in [2.24, 2.45) is 0 Å². The second-order valence-electron chi connectivity index (χ2n) is 4.10. The highest BCUT2D eigenvalue weighted by molar-refractivity contribution is 9.10. The van der Waals surface area contributed by atoms with Gasteiger partial charge in [-0.15, -0.1) is 0 Å². The maximum Gasteiger partial charge on any atom is 0.255 e. The van der Waals surface area contributed by atoms with Crippen molar-refractivity contribution >= 4 is 55.1 Å². The standard InChI is InChI=1S/C14H10Br2ClNO/c1-8-4-10(15)7-11(5-8)18-14(19)9-2-3-13(17)12(16)6-9/h2-7H,1H3,(H,18,19). The molecule has 1 N–H and O–H groups in total. The summed E-state index contributed by atoms with van der Waals surface area (Å²) < 4.78 is 1.63. The van der Waals surface area contributed by atoms with E-state index in [2.05, 4.69) is 37.2 Å². The number of hydrogen-bond acceptors (Lipinski definition) is 1. The first-order valence-electron chi connectivity index (χ1n) is 5.49. The highest BCUT2D eigenvalue weighted by atomic mass is 79.9. The summed E-state index contributed by atoms with van der Waals surface area (Å²) in [6.45, 7) is 1.97. The second-order valence-corrected chi connectivity index (χ2v) is 6.28. The molecule has 0 radical (unpaired) electrons. The zero-order valence-corrected chi connectivity index (χ0v) is 13.9. The normalized spacial score (nSPS) is 10.3. The van der Waals surface area contributed by atoms with Crippen LogP contribution in [0.5, 0.6) is 0 Å². The predicted octanol–water partition coefficient (Wildman–Crippen LogP) is 5.43. The number of rotatable bonds is 2. The molecule has 0 aliphatic rings. The van der Waals surface area contributed by atoms with Crippen molar-refractivity contribution in [1.82, 2.24) is 0 Å². The van der Waals surface area contributed by atoms with Crippen LogP contribution in [0.15, 0.2) is 45.3 Å². The van der Waals surface area contributed by atoms with Gasteiger partial charge in [0.1, 0.15) is 0 Å². The van der Waals surface area contributed by atoms with Crippen LogP contribution in [0.1, 0.15) is 15.9 Å². The summed E-state index contributed by atoms with van der Waals surface area (Å²) in [5, 5.41) is 3.43. The molecule has 2 nitrogen and oxygen atoms in total. The van der Waals surface area contributed by atoms with E-state index in [-0.39, 0.29) is 5.91 Å². The number of benzene rings is 2. The topological polar surface area (TPSA) is 29.1 Å². The highest BCUT2D eigenvalue weighted by Crippen LogP contribution is 2.24. The quantitative estimate of drug-likeness (QED) is 0.712. The predicted molar refractivity (Wildman–Crippen MR) is 86.0 cm³/mol. The van der Waals surface area contributed by atoms with Gasteiger partial charge in [-0.3, -0.25) is 4.79 Å². The lowest BCUT2D eigenvalue weighted by Crippen LogP contribution is -2.11. The number of nitrogens with one attached hydrogen (secondary N) is 1. The van der Waals surface area contributed by atoms with E-state index in [0.717, 1.165) is 15.7 Å². The summed E-state index contributed by atoms with van der Waals surface area (Å²) in [5.41, 5.74) is 2.37. The van der Waals surface area contributed by atoms with Crippen molar-refractivity contribution in [2.75, 3.05) is 5.32 Å². The third-order valence-electron chi connectivity index (χ3n) is 2.48. The maximum atomic E-state index is 12.1. The van der Waals surface area contributed by atoms with Crippen LogP contribution in [0.4, 0.5) is 5.69 Å². The van der Waals surface area contributed by atoms with E-state index in [1.165, 1.54) is 0 Å². The largest absolute Gasteiger partial charge is 0.322 e. The Morgan fingerprint density at radius 1 is 1.16 bits per heavy atom. The van der Waals surface area contributed by atoms with Gasteiger partial charge in [-0.1, -0.05) is 27.5 Å². The third kappa shape index (κ3) is 3.81. The molecule has 0 heterocycles. The van der Waals surface area contributed by atoms with Gasteiger partial charge in [0, 0.05) is 20.2 Å². The zero-order valence-electron chi connectivity index (χ0n) is 10.0. The minimum absolute atomic E-state index is 0.171. The molecule has 2 aromatic rings. The number of hydrogen-bond donors (Lipinski definition) is 1. The molecule has 0 unspecified atom stereocenters. The number of carbonyl (C=O) groups excluding carboxylic acids is 1. The van der Waals surface area contributed by atoms with Crippen LogP contribution in [0.3, 0.4) is 0 Å². The Labute approximate surface area is 133 Å². The molecule has 1 amide bonds. The van der Waals surface area contributed by atoms with Crippen molar-refractivity contribution in [3.63, 3.8) is 0 Å². The van der Waals surface area contributed by atoms with E-state index in [1.807, 2.05) is 25.1 Å². The van der Waals surface area contributed by atoms with Gasteiger partial charge in [0.2, 0.25) is 0 Å². The van der Waals surface area contributed by atoms with Crippen molar-refractivity contribution < 1.29 is 4.79 Å². The minimum atomic E-state index is -0.171. The van der Waals surface area contributed by atoms with Gasteiger partial charge in [-0.2, -0.15) is 0 Å². The lowest BCUT2D eigenvalue weighted by molar-refractivity contribution is 0.102. The first kappa shape index (κ1) is 14.6. The first-order valence-corrected chi connectivity index (χ1v) is 7.46. The lowest BCUT2D eigenvalue weighted by atomic mass is 10.2. The Kier molecular flexibility index (Phi) is 4.66. The van der Waals surface area contributed by atoms with Crippen LogP contribution in [-0.4, -0.2) is 5.91 Å². The van der Waals surface area contributed by atoms with Gasteiger partial charge in [0.25, 0.3) is 5.91 Å². The summed E-state index contributed by atoms with van der Waals surface area (Å²) in [6, 6.07) is 10.8. The monoisotopic (exact) mass is 401 g/mol. The summed E-state index contributed by atoms with van der Waals surface area (Å²) in [5.74, 6) is -0.171. The molecule has 2 aromatic carbocycles. The minimum Gasteiger partial charge on any atom is -0.322 e. The second kappa shape index (κ2) is 6.07. The molecule has 0 aliphatic carbocycles. The molecule has 2 rings (SSSR count). The van der Waals surface area contributed by atoms with Crippen molar-refractivity contribution in [3.05, 3.63) is 61.5 Å². The third-order valence-corrected chi connectivity index (χ3v) is 4.15. The smallest absolute Gasteiger partial charge is 0.255 e. The summed E-state index contributed by atoms with van der Waals surface area (Å²) in [7, 11) is 0. The lowest BCUT2D eigenvalue weighted by Gasteiger charge is -2.08. The molecule has 0 aliphatic heterocycles. The molecule has 0 aromatic heterocycles. The molecule has 0 atom stereocenters. The zero-order chi connectivity index (χ0) is 14.0. The Morgan fingerprint density at radius 2 is 1.89 bits per heavy atom. The fourth-order valence-electron chi connectivity index (χ4n) is 1.65. The van der Waals surface area contributed by atoms with E-state index in [0.29, 0.717) is 15.1 Å². The summed E-state index contributed by atoms with van der Waals surface area (Å²) in [6.07, 6.45) is 0. The molecular formula is C14H10Br2ClNO. The Balaban J connectivity index is 2.22.